The molecule has 1 heterocycles. The van der Waals surface area contributed by atoms with Crippen LogP contribution < -0.4 is 14.2 Å². The molecule has 0 bridgehead atoms. The zero-order valence-corrected chi connectivity index (χ0v) is 26.1. The van der Waals surface area contributed by atoms with Gasteiger partial charge < -0.3 is 33.5 Å². The molecule has 0 aromatic heterocycles. The number of aliphatic hydroxyl groups is 1. The Balaban J connectivity index is 1.76. The second-order valence-electron chi connectivity index (χ2n) is 10.6. The second kappa shape index (κ2) is 15.4. The molecule has 2 atom stereocenters. The number of benzene rings is 3. The number of ether oxygens (including phenoxy) is 6. The number of esters is 1. The third-order valence-electron chi connectivity index (χ3n) is 6.91. The van der Waals surface area contributed by atoms with Gasteiger partial charge in [-0.1, -0.05) is 60.1 Å². The largest absolute Gasteiger partial charge is 0.495 e. The van der Waals surface area contributed by atoms with Crippen molar-refractivity contribution in [1.82, 2.24) is 0 Å². The predicted octanol–water partition coefficient (Wildman–Crippen LogP) is 7.74. The molecule has 1 N–H and O–H groups in total. The second-order valence-corrected chi connectivity index (χ2v) is 11.5. The summed E-state index contributed by atoms with van der Waals surface area (Å²) in [5, 5.41) is 10.9. The van der Waals surface area contributed by atoms with Gasteiger partial charge in [-0.2, -0.15) is 0 Å². The normalized spacial score (nSPS) is 15.7. The fourth-order valence-electron chi connectivity index (χ4n) is 4.84. The summed E-state index contributed by atoms with van der Waals surface area (Å²) in [5.74, 6) is 0.802. The van der Waals surface area contributed by atoms with Gasteiger partial charge in [-0.25, -0.2) is 4.79 Å². The van der Waals surface area contributed by atoms with Crippen LogP contribution in [0.25, 0.3) is 0 Å². The minimum Gasteiger partial charge on any atom is -0.495 e. The Labute approximate surface area is 256 Å². The molecule has 0 radical (unpaired) electrons. The Morgan fingerprint density at radius 3 is 2.48 bits per heavy atom. The molecule has 9 heteroatoms. The highest BCUT2D eigenvalue weighted by Crippen LogP contribution is 2.44. The van der Waals surface area contributed by atoms with Gasteiger partial charge in [0.05, 0.1) is 26.9 Å². The number of hydrogen-bond donors (Lipinski definition) is 1. The summed E-state index contributed by atoms with van der Waals surface area (Å²) in [6.07, 6.45) is 2.20. The van der Waals surface area contributed by atoms with Crippen molar-refractivity contribution in [2.75, 3.05) is 20.8 Å². The Morgan fingerprint density at radius 1 is 1.02 bits per heavy atom. The molecular formula is C33H39BrO8. The average Bonchev–Trinajstić information content (AvgIpc) is 2.99. The molecule has 3 aromatic rings. The molecule has 0 amide bonds. The Kier molecular flexibility index (Phi) is 11.7. The number of carbonyl (C=O) groups excluding carboxylic acids is 1. The van der Waals surface area contributed by atoms with Crippen LogP contribution >= 0.6 is 15.9 Å². The number of methoxy groups -OCH3 is 2. The maximum Gasteiger partial charge on any atom is 0.345 e. The van der Waals surface area contributed by atoms with Crippen molar-refractivity contribution in [3.63, 3.8) is 0 Å². The zero-order valence-electron chi connectivity index (χ0n) is 24.6. The fourth-order valence-corrected chi connectivity index (χ4v) is 5.32. The number of carbonyl (C=O) groups is 1. The van der Waals surface area contributed by atoms with Crippen LogP contribution in [0.2, 0.25) is 0 Å². The van der Waals surface area contributed by atoms with E-state index in [0.717, 1.165) is 29.3 Å². The highest BCUT2D eigenvalue weighted by Gasteiger charge is 2.28. The van der Waals surface area contributed by atoms with E-state index in [1.807, 2.05) is 56.3 Å². The van der Waals surface area contributed by atoms with Crippen molar-refractivity contribution >= 4 is 21.9 Å². The lowest BCUT2D eigenvalue weighted by Gasteiger charge is -2.24. The van der Waals surface area contributed by atoms with E-state index >= 15 is 0 Å². The topological polar surface area (TPSA) is 92.7 Å². The SMILES string of the molecule is COC(=O)c1c(Oc2c(COC3CCCCO3)cc(Br)cc2OCc2ccccc2)ccc(C(O)CC(C)C)c1OC. The molecule has 1 aliphatic heterocycles. The predicted molar refractivity (Wildman–Crippen MR) is 162 cm³/mol. The quantitative estimate of drug-likeness (QED) is 0.189. The van der Waals surface area contributed by atoms with Gasteiger partial charge >= 0.3 is 5.97 Å². The van der Waals surface area contributed by atoms with E-state index in [4.69, 9.17) is 28.4 Å². The van der Waals surface area contributed by atoms with Crippen molar-refractivity contribution in [2.45, 2.75) is 65.1 Å². The summed E-state index contributed by atoms with van der Waals surface area (Å²) in [6, 6.07) is 16.9. The van der Waals surface area contributed by atoms with E-state index in [1.54, 1.807) is 12.1 Å². The molecule has 8 nitrogen and oxygen atoms in total. The molecule has 0 saturated carbocycles. The zero-order chi connectivity index (χ0) is 30.1. The van der Waals surface area contributed by atoms with Gasteiger partial charge in [-0.15, -0.1) is 0 Å². The van der Waals surface area contributed by atoms with Crippen LogP contribution in [0.1, 0.15) is 72.7 Å². The van der Waals surface area contributed by atoms with E-state index in [9.17, 15) is 9.90 Å². The monoisotopic (exact) mass is 642 g/mol. The lowest BCUT2D eigenvalue weighted by molar-refractivity contribution is -0.169. The van der Waals surface area contributed by atoms with Crippen LogP contribution in [0, 0.1) is 5.92 Å². The minimum absolute atomic E-state index is 0.0692. The summed E-state index contributed by atoms with van der Waals surface area (Å²) >= 11 is 3.60. The van der Waals surface area contributed by atoms with Crippen LogP contribution in [0.5, 0.6) is 23.0 Å². The van der Waals surface area contributed by atoms with Gasteiger partial charge in [0.1, 0.15) is 23.7 Å². The van der Waals surface area contributed by atoms with Crippen molar-refractivity contribution in [3.8, 4) is 23.0 Å². The van der Waals surface area contributed by atoms with Crippen molar-refractivity contribution in [3.05, 3.63) is 81.3 Å². The first-order valence-corrected chi connectivity index (χ1v) is 15.0. The summed E-state index contributed by atoms with van der Waals surface area (Å²) in [6.45, 7) is 5.18. The number of halogens is 1. The number of hydrogen-bond acceptors (Lipinski definition) is 8. The van der Waals surface area contributed by atoms with Crippen LogP contribution in [-0.4, -0.2) is 38.2 Å². The number of rotatable bonds is 13. The highest BCUT2D eigenvalue weighted by atomic mass is 79.9. The Hall–Kier alpha value is -3.11. The van der Waals surface area contributed by atoms with Gasteiger partial charge in [0.15, 0.2) is 17.8 Å². The van der Waals surface area contributed by atoms with Gasteiger partial charge in [-0.3, -0.25) is 0 Å². The average molecular weight is 644 g/mol. The molecule has 0 aliphatic carbocycles. The molecule has 4 rings (SSSR count). The van der Waals surface area contributed by atoms with Gasteiger partial charge in [-0.05, 0) is 61.4 Å². The summed E-state index contributed by atoms with van der Waals surface area (Å²) in [5.41, 5.74) is 2.23. The van der Waals surface area contributed by atoms with Crippen molar-refractivity contribution < 1.29 is 38.3 Å². The summed E-state index contributed by atoms with van der Waals surface area (Å²) in [7, 11) is 2.74. The molecule has 0 spiro atoms. The molecule has 42 heavy (non-hydrogen) atoms. The minimum atomic E-state index is -0.839. The molecular weight excluding hydrogens is 604 g/mol. The van der Waals surface area contributed by atoms with Gasteiger partial charge in [0.25, 0.3) is 0 Å². The van der Waals surface area contributed by atoms with Crippen molar-refractivity contribution in [2.24, 2.45) is 5.92 Å². The van der Waals surface area contributed by atoms with E-state index in [1.165, 1.54) is 14.2 Å². The first-order valence-electron chi connectivity index (χ1n) is 14.2. The highest BCUT2D eigenvalue weighted by molar-refractivity contribution is 9.10. The maximum absolute atomic E-state index is 13.1. The van der Waals surface area contributed by atoms with Gasteiger partial charge in [0, 0.05) is 22.2 Å². The van der Waals surface area contributed by atoms with E-state index < -0.39 is 12.1 Å². The lowest BCUT2D eigenvalue weighted by Crippen LogP contribution is -2.22. The van der Waals surface area contributed by atoms with Crippen LogP contribution in [-0.2, 0) is 27.4 Å². The van der Waals surface area contributed by atoms with Crippen molar-refractivity contribution in [1.29, 1.82) is 0 Å². The molecule has 2 unspecified atom stereocenters. The van der Waals surface area contributed by atoms with Gasteiger partial charge in [0.2, 0.25) is 0 Å². The van der Waals surface area contributed by atoms with E-state index in [-0.39, 0.29) is 35.9 Å². The molecule has 1 saturated heterocycles. The fraction of sp³-hybridized carbons (Fsp3) is 0.424. The van der Waals surface area contributed by atoms with Crippen LogP contribution in [0.3, 0.4) is 0 Å². The Bertz CT molecular complexity index is 1320. The molecule has 1 fully saturated rings. The first kappa shape index (κ1) is 31.8. The van der Waals surface area contributed by atoms with Crippen LogP contribution in [0.4, 0.5) is 0 Å². The summed E-state index contributed by atoms with van der Waals surface area (Å²) < 4.78 is 36.2. The number of aliphatic hydroxyl groups excluding tert-OH is 1. The molecule has 226 valence electrons. The molecule has 1 aliphatic rings. The first-order chi connectivity index (χ1) is 20.3. The maximum atomic E-state index is 13.1. The smallest absolute Gasteiger partial charge is 0.345 e. The lowest BCUT2D eigenvalue weighted by atomic mass is 9.96. The van der Waals surface area contributed by atoms with E-state index in [0.29, 0.717) is 42.3 Å². The van der Waals surface area contributed by atoms with E-state index in [2.05, 4.69) is 15.9 Å². The third kappa shape index (κ3) is 8.25. The standard InChI is InChI=1S/C33H39BrO8/c1-21(2)16-26(35)25-13-14-27(30(32(25)37-3)33(36)38-4)42-31-23(20-41-29-12-8-9-15-39-29)17-24(34)18-28(31)40-19-22-10-6-5-7-11-22/h5-7,10-11,13-14,17-18,21,26,29,35H,8-9,12,15-16,19-20H2,1-4H3. The third-order valence-corrected chi connectivity index (χ3v) is 7.36. The van der Waals surface area contributed by atoms with Crippen LogP contribution in [0.15, 0.2) is 59.1 Å². The Morgan fingerprint density at radius 2 is 1.81 bits per heavy atom. The molecule has 3 aromatic carbocycles. The summed E-state index contributed by atoms with van der Waals surface area (Å²) in [4.78, 5) is 13.1.